The van der Waals surface area contributed by atoms with E-state index in [9.17, 15) is 4.79 Å². The number of aromatic nitrogens is 3. The second-order valence-corrected chi connectivity index (χ2v) is 3.99. The van der Waals surface area contributed by atoms with E-state index in [-0.39, 0.29) is 5.91 Å². The zero-order valence-corrected chi connectivity index (χ0v) is 10.1. The van der Waals surface area contributed by atoms with Crippen molar-refractivity contribution in [2.45, 2.75) is 13.5 Å². The smallest absolute Gasteiger partial charge is 0.275 e. The van der Waals surface area contributed by atoms with Gasteiger partial charge in [0.15, 0.2) is 0 Å². The van der Waals surface area contributed by atoms with Crippen LogP contribution in [0.25, 0.3) is 0 Å². The number of nitrogens with zero attached hydrogens (tertiary/aromatic N) is 3. The summed E-state index contributed by atoms with van der Waals surface area (Å²) in [6.45, 7) is 3.07. The topological polar surface area (TPSA) is 85.8 Å². The Morgan fingerprint density at radius 2 is 2.33 bits per heavy atom. The van der Waals surface area contributed by atoms with Gasteiger partial charge in [-0.25, -0.2) is 4.98 Å². The lowest BCUT2D eigenvalue weighted by molar-refractivity contribution is 0.102. The molecule has 0 aliphatic rings. The standard InChI is InChI=1S/C12H15N5O/c1-9-4-10(6-14-5-9)16-12(18)11-7-17(3-2-13)8-15-11/h4-8H,2-3,13H2,1H3,(H,16,18). The molecule has 0 unspecified atom stereocenters. The van der Waals surface area contributed by atoms with Gasteiger partial charge in [0.1, 0.15) is 5.69 Å². The van der Waals surface area contributed by atoms with Gasteiger partial charge in [0.25, 0.3) is 5.91 Å². The van der Waals surface area contributed by atoms with Crippen molar-refractivity contribution in [2.75, 3.05) is 11.9 Å². The van der Waals surface area contributed by atoms with E-state index in [2.05, 4.69) is 15.3 Å². The molecule has 2 heterocycles. The van der Waals surface area contributed by atoms with Crippen molar-refractivity contribution in [1.29, 1.82) is 0 Å². The van der Waals surface area contributed by atoms with Crippen molar-refractivity contribution < 1.29 is 4.79 Å². The largest absolute Gasteiger partial charge is 0.335 e. The Labute approximate surface area is 105 Å². The number of hydrogen-bond acceptors (Lipinski definition) is 4. The number of carbonyl (C=O) groups excluding carboxylic acids is 1. The van der Waals surface area contributed by atoms with Gasteiger partial charge in [0.05, 0.1) is 18.2 Å². The second-order valence-electron chi connectivity index (χ2n) is 3.99. The van der Waals surface area contributed by atoms with Gasteiger partial charge in [-0.3, -0.25) is 9.78 Å². The van der Waals surface area contributed by atoms with Gasteiger partial charge in [-0.05, 0) is 18.6 Å². The molecule has 3 N–H and O–H groups in total. The summed E-state index contributed by atoms with van der Waals surface area (Å²) in [5.74, 6) is -0.252. The number of nitrogens with two attached hydrogens (primary N) is 1. The van der Waals surface area contributed by atoms with Crippen LogP contribution in [-0.4, -0.2) is 27.0 Å². The zero-order valence-electron chi connectivity index (χ0n) is 10.1. The van der Waals surface area contributed by atoms with Crippen molar-refractivity contribution >= 4 is 11.6 Å². The van der Waals surface area contributed by atoms with Crippen LogP contribution in [0.4, 0.5) is 5.69 Å². The molecule has 0 aromatic carbocycles. The Balaban J connectivity index is 2.07. The third-order valence-electron chi connectivity index (χ3n) is 2.39. The highest BCUT2D eigenvalue weighted by Gasteiger charge is 2.09. The fraction of sp³-hybridized carbons (Fsp3) is 0.250. The van der Waals surface area contributed by atoms with Crippen molar-refractivity contribution in [1.82, 2.24) is 14.5 Å². The van der Waals surface area contributed by atoms with Crippen LogP contribution in [0.15, 0.2) is 31.0 Å². The Kier molecular flexibility index (Phi) is 3.69. The zero-order chi connectivity index (χ0) is 13.0. The Morgan fingerprint density at radius 3 is 3.06 bits per heavy atom. The first-order chi connectivity index (χ1) is 8.69. The molecule has 0 spiro atoms. The van der Waals surface area contributed by atoms with Gasteiger partial charge in [-0.15, -0.1) is 0 Å². The summed E-state index contributed by atoms with van der Waals surface area (Å²) in [5, 5.41) is 2.75. The molecule has 6 heteroatoms. The number of anilines is 1. The highest BCUT2D eigenvalue weighted by atomic mass is 16.1. The van der Waals surface area contributed by atoms with Gasteiger partial charge in [-0.1, -0.05) is 0 Å². The van der Waals surface area contributed by atoms with Crippen LogP contribution in [0.1, 0.15) is 16.1 Å². The molecule has 0 radical (unpaired) electrons. The first-order valence-corrected chi connectivity index (χ1v) is 5.64. The average Bonchev–Trinajstić information content (AvgIpc) is 2.78. The fourth-order valence-electron chi connectivity index (χ4n) is 1.57. The monoisotopic (exact) mass is 245 g/mol. The summed E-state index contributed by atoms with van der Waals surface area (Å²) >= 11 is 0. The minimum atomic E-state index is -0.252. The van der Waals surface area contributed by atoms with Crippen LogP contribution < -0.4 is 11.1 Å². The summed E-state index contributed by atoms with van der Waals surface area (Å²) in [4.78, 5) is 19.9. The lowest BCUT2D eigenvalue weighted by Crippen LogP contribution is -2.13. The van der Waals surface area contributed by atoms with E-state index in [0.29, 0.717) is 24.5 Å². The summed E-state index contributed by atoms with van der Waals surface area (Å²) in [7, 11) is 0. The lowest BCUT2D eigenvalue weighted by Gasteiger charge is -2.03. The van der Waals surface area contributed by atoms with Crippen LogP contribution >= 0.6 is 0 Å². The number of hydrogen-bond donors (Lipinski definition) is 2. The van der Waals surface area contributed by atoms with Gasteiger partial charge in [-0.2, -0.15) is 0 Å². The molecular weight excluding hydrogens is 230 g/mol. The first-order valence-electron chi connectivity index (χ1n) is 5.64. The van der Waals surface area contributed by atoms with Gasteiger partial charge in [0, 0.05) is 25.5 Å². The molecule has 2 aromatic heterocycles. The van der Waals surface area contributed by atoms with Crippen molar-refractivity contribution in [3.8, 4) is 0 Å². The van der Waals surface area contributed by atoms with Gasteiger partial charge >= 0.3 is 0 Å². The van der Waals surface area contributed by atoms with E-state index >= 15 is 0 Å². The molecule has 0 saturated carbocycles. The summed E-state index contributed by atoms with van der Waals surface area (Å²) < 4.78 is 1.78. The van der Waals surface area contributed by atoms with Crippen LogP contribution in [0.3, 0.4) is 0 Å². The van der Waals surface area contributed by atoms with Crippen LogP contribution in [0.5, 0.6) is 0 Å². The maximum Gasteiger partial charge on any atom is 0.275 e. The number of amides is 1. The normalized spacial score (nSPS) is 10.3. The van der Waals surface area contributed by atoms with E-state index in [1.807, 2.05) is 13.0 Å². The average molecular weight is 245 g/mol. The Bertz CT molecular complexity index is 549. The van der Waals surface area contributed by atoms with Crippen molar-refractivity contribution in [3.05, 3.63) is 42.2 Å². The first kappa shape index (κ1) is 12.3. The molecule has 2 aromatic rings. The maximum atomic E-state index is 11.9. The summed E-state index contributed by atoms with van der Waals surface area (Å²) in [6, 6.07) is 1.85. The maximum absolute atomic E-state index is 11.9. The van der Waals surface area contributed by atoms with Crippen LogP contribution in [0.2, 0.25) is 0 Å². The minimum absolute atomic E-state index is 0.252. The fourth-order valence-corrected chi connectivity index (χ4v) is 1.57. The van der Waals surface area contributed by atoms with Crippen LogP contribution in [0, 0.1) is 6.92 Å². The number of nitrogens with one attached hydrogen (secondary N) is 1. The summed E-state index contributed by atoms with van der Waals surface area (Å²) in [6.07, 6.45) is 6.59. The third-order valence-corrected chi connectivity index (χ3v) is 2.39. The molecule has 0 bridgehead atoms. The number of pyridine rings is 1. The SMILES string of the molecule is Cc1cncc(NC(=O)c2cn(CCN)cn2)c1. The van der Waals surface area contributed by atoms with Gasteiger partial charge in [0.2, 0.25) is 0 Å². The van der Waals surface area contributed by atoms with E-state index < -0.39 is 0 Å². The predicted octanol–water partition coefficient (Wildman–Crippen LogP) is 0.798. The molecule has 1 amide bonds. The number of imidazole rings is 1. The molecular formula is C12H15N5O. The molecule has 0 aliphatic heterocycles. The molecule has 0 atom stereocenters. The molecule has 94 valence electrons. The Hall–Kier alpha value is -2.21. The van der Waals surface area contributed by atoms with Crippen molar-refractivity contribution in [2.24, 2.45) is 5.73 Å². The number of aryl methyl sites for hydroxylation is 1. The Morgan fingerprint density at radius 1 is 1.50 bits per heavy atom. The van der Waals surface area contributed by atoms with E-state index in [1.165, 1.54) is 0 Å². The van der Waals surface area contributed by atoms with E-state index in [0.717, 1.165) is 5.56 Å². The van der Waals surface area contributed by atoms with E-state index in [1.54, 1.807) is 29.5 Å². The molecule has 0 fully saturated rings. The number of carbonyl (C=O) groups is 1. The quantitative estimate of drug-likeness (QED) is 0.834. The van der Waals surface area contributed by atoms with Gasteiger partial charge < -0.3 is 15.6 Å². The molecule has 0 saturated heterocycles. The van der Waals surface area contributed by atoms with Crippen LogP contribution in [-0.2, 0) is 6.54 Å². The van der Waals surface area contributed by atoms with E-state index in [4.69, 9.17) is 5.73 Å². The second kappa shape index (κ2) is 5.42. The third kappa shape index (κ3) is 2.92. The molecule has 6 nitrogen and oxygen atoms in total. The predicted molar refractivity (Wildman–Crippen MR) is 68.2 cm³/mol. The molecule has 2 rings (SSSR count). The molecule has 0 aliphatic carbocycles. The summed E-state index contributed by atoms with van der Waals surface area (Å²) in [5.41, 5.74) is 7.44. The lowest BCUT2D eigenvalue weighted by atomic mass is 10.3. The minimum Gasteiger partial charge on any atom is -0.335 e. The highest BCUT2D eigenvalue weighted by molar-refractivity contribution is 6.02. The number of rotatable bonds is 4. The highest BCUT2D eigenvalue weighted by Crippen LogP contribution is 2.08. The molecule has 18 heavy (non-hydrogen) atoms. The van der Waals surface area contributed by atoms with Crippen molar-refractivity contribution in [3.63, 3.8) is 0 Å².